The van der Waals surface area contributed by atoms with Crippen LogP contribution in [0.3, 0.4) is 0 Å². The van der Waals surface area contributed by atoms with Crippen molar-refractivity contribution in [1.29, 1.82) is 0 Å². The number of hydrogen-bond donors (Lipinski definition) is 4. The number of aliphatic hydroxyl groups is 3. The molecule has 0 rings (SSSR count). The maximum Gasteiger partial charge on any atom is 0.373 e. The van der Waals surface area contributed by atoms with Gasteiger partial charge in [0.25, 0.3) is 6.47 Å². The number of aliphatic hydroxyl groups excluding tert-OH is 3. The van der Waals surface area contributed by atoms with Crippen molar-refractivity contribution in [1.82, 2.24) is 0 Å². The molecule has 28 heavy (non-hydrogen) atoms. The fourth-order valence-corrected chi connectivity index (χ4v) is 1.65. The average Bonchev–Trinajstić information content (AvgIpc) is 2.54. The molecule has 0 spiro atoms. The molecule has 164 valence electrons. The van der Waals surface area contributed by atoms with E-state index in [1.807, 2.05) is 6.92 Å². The minimum atomic E-state index is -0.678. The number of ketones is 3. The number of rotatable bonds is 10. The van der Waals surface area contributed by atoms with Crippen LogP contribution in [0, 0.1) is 0 Å². The summed E-state index contributed by atoms with van der Waals surface area (Å²) in [5, 5.41) is 34.1. The van der Waals surface area contributed by atoms with Crippen molar-refractivity contribution in [2.24, 2.45) is 0 Å². The Morgan fingerprint density at radius 3 is 1.54 bits per heavy atom. The van der Waals surface area contributed by atoms with E-state index in [0.29, 0.717) is 19.3 Å². The highest BCUT2D eigenvalue weighted by Crippen LogP contribution is 2.05. The fraction of sp³-hybridized carbons (Fsp3) is 0.722. The lowest BCUT2D eigenvalue weighted by Crippen LogP contribution is -2.19. The van der Waals surface area contributed by atoms with Gasteiger partial charge in [-0.3, -0.25) is 19.2 Å². The van der Waals surface area contributed by atoms with E-state index in [2.05, 4.69) is 0 Å². The third-order valence-corrected chi connectivity index (χ3v) is 2.92. The van der Waals surface area contributed by atoms with E-state index < -0.39 is 18.3 Å². The van der Waals surface area contributed by atoms with Crippen LogP contribution in [-0.4, -0.2) is 68.7 Å². The van der Waals surface area contributed by atoms with Crippen LogP contribution < -0.4 is 0 Å². The SMILES string of the molecule is CC[C@@H](O)CC(=O)CC(C)=O.CC[C@@H](O)C[C@@H](O)CC(C)=O.O=C=O.O=CO. The first kappa shape index (κ1) is 33.3. The Morgan fingerprint density at radius 2 is 1.25 bits per heavy atom. The Kier molecular flexibility index (Phi) is 29.5. The molecular weight excluding hydrogens is 376 g/mol. The van der Waals surface area contributed by atoms with E-state index in [9.17, 15) is 14.4 Å². The third kappa shape index (κ3) is 39.0. The van der Waals surface area contributed by atoms with Gasteiger partial charge >= 0.3 is 6.15 Å². The summed E-state index contributed by atoms with van der Waals surface area (Å²) in [7, 11) is 0. The summed E-state index contributed by atoms with van der Waals surface area (Å²) in [6, 6.07) is 0. The van der Waals surface area contributed by atoms with Crippen LogP contribution >= 0.6 is 0 Å². The van der Waals surface area contributed by atoms with Gasteiger partial charge < -0.3 is 20.4 Å². The van der Waals surface area contributed by atoms with E-state index in [1.54, 1.807) is 6.92 Å². The number of hydrogen-bond acceptors (Lipinski definition) is 9. The van der Waals surface area contributed by atoms with Crippen molar-refractivity contribution in [3.8, 4) is 0 Å². The molecule has 0 unspecified atom stereocenters. The first-order chi connectivity index (χ1) is 12.9. The van der Waals surface area contributed by atoms with Gasteiger partial charge in [0.1, 0.15) is 17.3 Å². The molecule has 0 saturated carbocycles. The van der Waals surface area contributed by atoms with Crippen molar-refractivity contribution in [3.63, 3.8) is 0 Å². The minimum absolute atomic E-state index is 0.0409. The molecule has 0 aromatic carbocycles. The van der Waals surface area contributed by atoms with E-state index in [-0.39, 0.29) is 49.2 Å². The third-order valence-electron chi connectivity index (χ3n) is 2.92. The van der Waals surface area contributed by atoms with Gasteiger partial charge in [-0.2, -0.15) is 9.59 Å². The number of Topliss-reactive ketones (excluding diaryl/α,β-unsaturated/α-hetero) is 3. The van der Waals surface area contributed by atoms with Gasteiger partial charge in [0.05, 0.1) is 24.7 Å². The highest BCUT2D eigenvalue weighted by Gasteiger charge is 2.11. The lowest BCUT2D eigenvalue weighted by atomic mass is 10.1. The Morgan fingerprint density at radius 1 is 0.857 bits per heavy atom. The average molecular weight is 408 g/mol. The zero-order chi connectivity index (χ0) is 23.1. The van der Waals surface area contributed by atoms with Crippen LogP contribution in [0.5, 0.6) is 0 Å². The summed E-state index contributed by atoms with van der Waals surface area (Å²) in [5.41, 5.74) is 0. The lowest BCUT2D eigenvalue weighted by molar-refractivity contribution is -0.191. The summed E-state index contributed by atoms with van der Waals surface area (Å²) < 4.78 is 0. The van der Waals surface area contributed by atoms with Gasteiger partial charge in [-0.05, 0) is 33.1 Å². The zero-order valence-electron chi connectivity index (χ0n) is 16.8. The molecule has 0 heterocycles. The molecule has 0 radical (unpaired) electrons. The fourth-order valence-electron chi connectivity index (χ4n) is 1.65. The smallest absolute Gasteiger partial charge is 0.373 e. The zero-order valence-corrected chi connectivity index (χ0v) is 16.8. The largest absolute Gasteiger partial charge is 0.483 e. The molecule has 0 aromatic heterocycles. The molecule has 3 atom stereocenters. The summed E-state index contributed by atoms with van der Waals surface area (Å²) >= 11 is 0. The van der Waals surface area contributed by atoms with Gasteiger partial charge in [0.2, 0.25) is 0 Å². The Balaban J connectivity index is -0.000000160. The molecule has 4 N–H and O–H groups in total. The first-order valence-electron chi connectivity index (χ1n) is 8.57. The predicted octanol–water partition coefficient (Wildman–Crippen LogP) is 0.300. The highest BCUT2D eigenvalue weighted by atomic mass is 16.3. The van der Waals surface area contributed by atoms with Gasteiger partial charge in [-0.15, -0.1) is 0 Å². The van der Waals surface area contributed by atoms with Crippen LogP contribution in [0.4, 0.5) is 0 Å². The number of carbonyl (C=O) groups is 4. The quantitative estimate of drug-likeness (QED) is 0.289. The normalized spacial score (nSPS) is 12.0. The Labute approximate surface area is 164 Å². The minimum Gasteiger partial charge on any atom is -0.483 e. The molecule has 10 heteroatoms. The first-order valence-corrected chi connectivity index (χ1v) is 8.57. The van der Waals surface area contributed by atoms with Crippen LogP contribution in [0.15, 0.2) is 0 Å². The standard InChI is InChI=1S/C8H16O3.C8H14O3.CH2O2.CO2/c2*1-3-7(10)5-8(11)4-6(2)9;2*2-1-3/h7-8,10-11H,3-5H2,1-2H3;7,10H,3-5H2,1-2H3;1H,(H,2,3);/t7-,8+;7-;;/m11../s1. The van der Waals surface area contributed by atoms with E-state index in [1.165, 1.54) is 13.8 Å². The van der Waals surface area contributed by atoms with Crippen LogP contribution in [0.25, 0.3) is 0 Å². The van der Waals surface area contributed by atoms with Crippen LogP contribution in [0.2, 0.25) is 0 Å². The van der Waals surface area contributed by atoms with Crippen molar-refractivity contribution < 1.29 is 49.2 Å². The van der Waals surface area contributed by atoms with Gasteiger partial charge in [-0.1, -0.05) is 13.8 Å². The summed E-state index contributed by atoms with van der Waals surface area (Å²) in [5.74, 6) is -0.356. The summed E-state index contributed by atoms with van der Waals surface area (Å²) in [6.07, 6.45) is 0.201. The molecule has 0 aliphatic carbocycles. The van der Waals surface area contributed by atoms with Crippen molar-refractivity contribution >= 4 is 30.0 Å². The second-order valence-corrected chi connectivity index (χ2v) is 5.73. The van der Waals surface area contributed by atoms with Crippen molar-refractivity contribution in [2.45, 2.75) is 84.5 Å². The molecule has 10 nitrogen and oxygen atoms in total. The van der Waals surface area contributed by atoms with E-state index in [0.717, 1.165) is 0 Å². The number of carbonyl (C=O) groups excluding carboxylic acids is 5. The van der Waals surface area contributed by atoms with Gasteiger partial charge in [0.15, 0.2) is 0 Å². The predicted molar refractivity (Wildman–Crippen MR) is 97.1 cm³/mol. The monoisotopic (exact) mass is 408 g/mol. The molecule has 0 fully saturated rings. The van der Waals surface area contributed by atoms with Crippen LogP contribution in [-0.2, 0) is 28.8 Å². The van der Waals surface area contributed by atoms with E-state index in [4.69, 9.17) is 34.8 Å². The lowest BCUT2D eigenvalue weighted by Gasteiger charge is -2.11. The second kappa shape index (κ2) is 24.7. The maximum absolute atomic E-state index is 10.8. The second-order valence-electron chi connectivity index (χ2n) is 5.73. The summed E-state index contributed by atoms with van der Waals surface area (Å²) in [4.78, 5) is 56.4. The summed E-state index contributed by atoms with van der Waals surface area (Å²) in [6.45, 7) is 6.19. The Hall–Kier alpha value is -2.26. The van der Waals surface area contributed by atoms with Crippen molar-refractivity contribution in [3.05, 3.63) is 0 Å². The van der Waals surface area contributed by atoms with Gasteiger partial charge in [0, 0.05) is 12.8 Å². The van der Waals surface area contributed by atoms with Crippen molar-refractivity contribution in [2.75, 3.05) is 0 Å². The molecule has 0 aliphatic heterocycles. The molecule has 0 aliphatic rings. The Bertz CT molecular complexity index is 455. The topological polar surface area (TPSA) is 183 Å². The molecule has 0 bridgehead atoms. The van der Waals surface area contributed by atoms with E-state index >= 15 is 0 Å². The molecule has 0 amide bonds. The highest BCUT2D eigenvalue weighted by molar-refractivity contribution is 5.98. The molecular formula is C18H32O10. The van der Waals surface area contributed by atoms with Crippen LogP contribution in [0.1, 0.15) is 66.2 Å². The number of carboxylic acid groups (broad SMARTS) is 1. The molecule has 0 aromatic rings. The maximum atomic E-state index is 10.8. The van der Waals surface area contributed by atoms with Gasteiger partial charge in [-0.25, -0.2) is 0 Å². The molecule has 0 saturated heterocycles.